The van der Waals surface area contributed by atoms with Gasteiger partial charge in [0.25, 0.3) is 0 Å². The van der Waals surface area contributed by atoms with E-state index in [-0.39, 0.29) is 23.2 Å². The van der Waals surface area contributed by atoms with Crippen molar-refractivity contribution in [1.82, 2.24) is 34.6 Å². The van der Waals surface area contributed by atoms with Crippen LogP contribution in [0.3, 0.4) is 0 Å². The third kappa shape index (κ3) is 7.49. The first-order chi connectivity index (χ1) is 24.7. The number of benzene rings is 1. The second-order valence-electron chi connectivity index (χ2n) is 15.3. The maximum Gasteiger partial charge on any atom is 0.404 e. The van der Waals surface area contributed by atoms with Gasteiger partial charge in [-0.25, -0.2) is 14.5 Å². The summed E-state index contributed by atoms with van der Waals surface area (Å²) in [5.74, 6) is 3.38. The minimum atomic E-state index is -1.97. The van der Waals surface area contributed by atoms with E-state index in [1.807, 2.05) is 34.5 Å². The summed E-state index contributed by atoms with van der Waals surface area (Å²) in [6.07, 6.45) is 7.67. The number of rotatable bonds is 12. The Kier molecular flexibility index (Phi) is 10.6. The number of methoxy groups -OCH3 is 3. The van der Waals surface area contributed by atoms with Crippen molar-refractivity contribution in [1.29, 1.82) is 0 Å². The van der Waals surface area contributed by atoms with Gasteiger partial charge in [0, 0.05) is 24.7 Å². The fraction of sp³-hybridized carbons (Fsp3) is 0.583. The van der Waals surface area contributed by atoms with E-state index < -0.39 is 14.4 Å². The van der Waals surface area contributed by atoms with Gasteiger partial charge in [0.15, 0.2) is 31.3 Å². The molecule has 282 valence electrons. The van der Waals surface area contributed by atoms with Crippen LogP contribution in [0.4, 0.5) is 22.4 Å². The molecule has 1 amide bonds. The average molecular weight is 736 g/mol. The minimum absolute atomic E-state index is 0.0638. The van der Waals surface area contributed by atoms with Crippen LogP contribution in [0, 0.1) is 6.92 Å². The highest BCUT2D eigenvalue weighted by atomic mass is 28.4. The predicted molar refractivity (Wildman–Crippen MR) is 203 cm³/mol. The Morgan fingerprint density at radius 3 is 2.33 bits per heavy atom. The maximum atomic E-state index is 11.3. The highest BCUT2D eigenvalue weighted by Gasteiger charge is 2.39. The summed E-state index contributed by atoms with van der Waals surface area (Å²) in [5.41, 5.74) is 2.39. The number of amides is 1. The molecule has 1 aliphatic carbocycles. The number of imidazole rings is 1. The molecule has 1 atom stereocenters. The molecular weight excluding hydrogens is 683 g/mol. The van der Waals surface area contributed by atoms with Crippen molar-refractivity contribution in [3.8, 4) is 22.9 Å². The molecule has 1 unspecified atom stereocenters. The maximum absolute atomic E-state index is 11.3. The van der Waals surface area contributed by atoms with Crippen LogP contribution in [0.15, 0.2) is 24.7 Å². The second kappa shape index (κ2) is 14.8. The lowest BCUT2D eigenvalue weighted by atomic mass is 9.91. The van der Waals surface area contributed by atoms with Gasteiger partial charge in [-0.2, -0.15) is 15.1 Å². The SMILES string of the molecule is COc1cc(-n2cnc(Nc3nc(N4CCCC4CO[Si](C)(C)C(C)(C)C)c4c(C)nn(C5CCC(NC(=O)O)CC5)c4n3)c2)cc(OC)c1OC. The fourth-order valence-electron chi connectivity index (χ4n) is 7.01. The zero-order chi connectivity index (χ0) is 37.4. The summed E-state index contributed by atoms with van der Waals surface area (Å²) in [6.45, 7) is 14.9. The van der Waals surface area contributed by atoms with Crippen LogP contribution >= 0.6 is 0 Å². The number of hydrogen-bond donors (Lipinski definition) is 3. The van der Waals surface area contributed by atoms with E-state index in [1.165, 1.54) is 0 Å². The largest absolute Gasteiger partial charge is 0.493 e. The van der Waals surface area contributed by atoms with Gasteiger partial charge >= 0.3 is 6.09 Å². The number of aromatic nitrogens is 6. The Balaban J connectivity index is 1.36. The molecule has 3 aromatic heterocycles. The quantitative estimate of drug-likeness (QED) is 0.130. The molecule has 0 radical (unpaired) electrons. The van der Waals surface area contributed by atoms with Gasteiger partial charge in [0.05, 0.1) is 63.0 Å². The Bertz CT molecular complexity index is 1870. The van der Waals surface area contributed by atoms with Crippen LogP contribution in [0.5, 0.6) is 17.2 Å². The van der Waals surface area contributed by atoms with E-state index in [0.29, 0.717) is 35.6 Å². The molecule has 1 saturated heterocycles. The number of fused-ring (bicyclic) bond motifs is 1. The van der Waals surface area contributed by atoms with Gasteiger partial charge in [-0.15, -0.1) is 0 Å². The van der Waals surface area contributed by atoms with Gasteiger partial charge < -0.3 is 43.8 Å². The zero-order valence-corrected chi connectivity index (χ0v) is 32.8. The number of hydrogen-bond acceptors (Lipinski definition) is 11. The van der Waals surface area contributed by atoms with Crippen molar-refractivity contribution in [2.75, 3.05) is 44.7 Å². The summed E-state index contributed by atoms with van der Waals surface area (Å²) in [5, 5.41) is 21.4. The molecular formula is C36H53N9O6Si. The smallest absolute Gasteiger partial charge is 0.404 e. The normalized spacial score (nSPS) is 19.6. The predicted octanol–water partition coefficient (Wildman–Crippen LogP) is 6.83. The molecule has 2 fully saturated rings. The summed E-state index contributed by atoms with van der Waals surface area (Å²) >= 11 is 0. The summed E-state index contributed by atoms with van der Waals surface area (Å²) in [6, 6.07) is 3.89. The monoisotopic (exact) mass is 735 g/mol. The van der Waals surface area contributed by atoms with E-state index in [2.05, 4.69) is 54.4 Å². The second-order valence-corrected chi connectivity index (χ2v) is 20.1. The van der Waals surface area contributed by atoms with E-state index in [9.17, 15) is 9.90 Å². The van der Waals surface area contributed by atoms with Crippen LogP contribution in [0.1, 0.15) is 71.0 Å². The first-order valence-corrected chi connectivity index (χ1v) is 20.9. The molecule has 1 aliphatic heterocycles. The lowest BCUT2D eigenvalue weighted by molar-refractivity contribution is 0.182. The number of nitrogens with one attached hydrogen (secondary N) is 2. The van der Waals surface area contributed by atoms with Gasteiger partial charge in [0.2, 0.25) is 11.7 Å². The highest BCUT2D eigenvalue weighted by molar-refractivity contribution is 6.74. The number of nitrogens with zero attached hydrogens (tertiary/aromatic N) is 7. The fourth-order valence-corrected chi connectivity index (χ4v) is 8.05. The van der Waals surface area contributed by atoms with Crippen LogP contribution in [-0.4, -0.2) is 95.4 Å². The number of ether oxygens (including phenoxy) is 3. The first-order valence-electron chi connectivity index (χ1n) is 18.0. The van der Waals surface area contributed by atoms with Crippen LogP contribution in [-0.2, 0) is 4.43 Å². The van der Waals surface area contributed by atoms with Crippen LogP contribution < -0.4 is 29.7 Å². The first kappa shape index (κ1) is 37.2. The molecule has 3 N–H and O–H groups in total. The summed E-state index contributed by atoms with van der Waals surface area (Å²) in [4.78, 5) is 28.6. The summed E-state index contributed by atoms with van der Waals surface area (Å²) in [7, 11) is 2.78. The number of anilines is 3. The number of carboxylic acid groups (broad SMARTS) is 1. The van der Waals surface area contributed by atoms with E-state index in [0.717, 1.165) is 73.3 Å². The lowest BCUT2D eigenvalue weighted by Gasteiger charge is -2.38. The third-order valence-electron chi connectivity index (χ3n) is 10.9. The Labute approximate surface area is 306 Å². The minimum Gasteiger partial charge on any atom is -0.493 e. The molecule has 0 bridgehead atoms. The Morgan fingerprint density at radius 1 is 1.02 bits per heavy atom. The third-order valence-corrected chi connectivity index (χ3v) is 15.4. The molecule has 6 rings (SSSR count). The molecule has 52 heavy (non-hydrogen) atoms. The Hall–Kier alpha value is -4.57. The van der Waals surface area contributed by atoms with Gasteiger partial charge in [-0.1, -0.05) is 20.8 Å². The van der Waals surface area contributed by atoms with Crippen molar-refractivity contribution in [2.45, 2.75) is 102 Å². The number of aryl methyl sites for hydroxylation is 1. The lowest BCUT2D eigenvalue weighted by Crippen LogP contribution is -2.45. The topological polar surface area (TPSA) is 163 Å². The standard InChI is InChI=1S/C36H53N9O6Si/c1-22-30-32(44-16-10-11-25(44)20-51-52(8,9)36(2,3)4)40-34(41-33(30)45(42-22)24-14-12-23(13-15-24)38-35(46)47)39-29-19-43(21-37-29)26-17-27(48-5)31(50-7)28(18-26)49-6/h17-19,21,23-25,38H,10-16,20H2,1-9H3,(H,46,47)(H,39,40,41). The van der Waals surface area contributed by atoms with E-state index in [4.69, 9.17) is 33.7 Å². The van der Waals surface area contributed by atoms with Crippen molar-refractivity contribution >= 4 is 43.0 Å². The summed E-state index contributed by atoms with van der Waals surface area (Å²) < 4.78 is 27.3. The van der Waals surface area contributed by atoms with Crippen molar-refractivity contribution < 1.29 is 28.5 Å². The van der Waals surface area contributed by atoms with Gasteiger partial charge in [0.1, 0.15) is 12.1 Å². The van der Waals surface area contributed by atoms with Crippen molar-refractivity contribution in [2.24, 2.45) is 0 Å². The molecule has 16 heteroatoms. The molecule has 0 spiro atoms. The van der Waals surface area contributed by atoms with Crippen LogP contribution in [0.25, 0.3) is 16.7 Å². The van der Waals surface area contributed by atoms with Gasteiger partial charge in [-0.3, -0.25) is 0 Å². The van der Waals surface area contributed by atoms with Gasteiger partial charge in [-0.05, 0) is 63.6 Å². The number of carbonyl (C=O) groups is 1. The Morgan fingerprint density at radius 2 is 1.71 bits per heavy atom. The van der Waals surface area contributed by atoms with E-state index >= 15 is 0 Å². The molecule has 15 nitrogen and oxygen atoms in total. The average Bonchev–Trinajstić information content (AvgIpc) is 3.85. The molecule has 1 aromatic carbocycles. The van der Waals surface area contributed by atoms with Crippen LogP contribution in [0.2, 0.25) is 18.1 Å². The highest BCUT2D eigenvalue weighted by Crippen LogP contribution is 2.41. The van der Waals surface area contributed by atoms with Crippen molar-refractivity contribution in [3.63, 3.8) is 0 Å². The molecule has 1 saturated carbocycles. The molecule has 2 aliphatic rings. The van der Waals surface area contributed by atoms with E-state index in [1.54, 1.807) is 27.7 Å². The zero-order valence-electron chi connectivity index (χ0n) is 31.8. The molecule has 4 aromatic rings. The van der Waals surface area contributed by atoms with Crippen molar-refractivity contribution in [3.05, 3.63) is 30.4 Å². The molecule has 4 heterocycles.